The second-order valence-electron chi connectivity index (χ2n) is 3.77. The molecule has 1 heterocycles. The molecule has 102 valence electrons. The minimum absolute atomic E-state index is 0.200. The summed E-state index contributed by atoms with van der Waals surface area (Å²) in [5.41, 5.74) is 5.07. The fraction of sp³-hybridized carbons (Fsp3) is 0. The molecule has 7 heteroatoms. The van der Waals surface area contributed by atoms with Crippen molar-refractivity contribution >= 4 is 35.0 Å². The van der Waals surface area contributed by atoms with E-state index in [0.717, 1.165) is 0 Å². The van der Waals surface area contributed by atoms with Gasteiger partial charge in [0.1, 0.15) is 0 Å². The SMILES string of the molecule is O=C(NNC(=O)c1ccc(Cl)cc1Cl)c1cccnc1. The maximum atomic E-state index is 11.8. The molecule has 5 nitrogen and oxygen atoms in total. The number of nitrogens with zero attached hydrogens (tertiary/aromatic N) is 1. The number of rotatable bonds is 2. The highest BCUT2D eigenvalue weighted by Gasteiger charge is 2.12. The van der Waals surface area contributed by atoms with Crippen molar-refractivity contribution in [3.8, 4) is 0 Å². The summed E-state index contributed by atoms with van der Waals surface area (Å²) in [6.45, 7) is 0. The number of halogens is 2. The molecule has 2 aromatic rings. The Balaban J connectivity index is 2.00. The van der Waals surface area contributed by atoms with Crippen molar-refractivity contribution < 1.29 is 9.59 Å². The highest BCUT2D eigenvalue weighted by molar-refractivity contribution is 6.36. The zero-order valence-corrected chi connectivity index (χ0v) is 11.6. The van der Waals surface area contributed by atoms with Crippen LogP contribution in [0.15, 0.2) is 42.7 Å². The Hall–Kier alpha value is -2.11. The number of amides is 2. The predicted molar refractivity (Wildman–Crippen MR) is 75.6 cm³/mol. The number of nitrogens with one attached hydrogen (secondary N) is 2. The normalized spacial score (nSPS) is 9.90. The molecule has 0 atom stereocenters. The van der Waals surface area contributed by atoms with Gasteiger partial charge in [0, 0.05) is 17.4 Å². The molecule has 0 radical (unpaired) electrons. The van der Waals surface area contributed by atoms with Crippen LogP contribution in [-0.2, 0) is 0 Å². The van der Waals surface area contributed by atoms with Crippen molar-refractivity contribution in [3.63, 3.8) is 0 Å². The first-order chi connectivity index (χ1) is 9.58. The van der Waals surface area contributed by atoms with Crippen LogP contribution < -0.4 is 10.9 Å². The maximum Gasteiger partial charge on any atom is 0.271 e. The van der Waals surface area contributed by atoms with Crippen LogP contribution in [-0.4, -0.2) is 16.8 Å². The summed E-state index contributed by atoms with van der Waals surface area (Å²) in [7, 11) is 0. The maximum absolute atomic E-state index is 11.8. The smallest absolute Gasteiger partial charge is 0.267 e. The first kappa shape index (κ1) is 14.3. The van der Waals surface area contributed by atoms with E-state index < -0.39 is 11.8 Å². The van der Waals surface area contributed by atoms with Gasteiger partial charge in [-0.2, -0.15) is 0 Å². The van der Waals surface area contributed by atoms with Crippen molar-refractivity contribution in [3.05, 3.63) is 63.9 Å². The second-order valence-corrected chi connectivity index (χ2v) is 4.62. The lowest BCUT2D eigenvalue weighted by molar-refractivity contribution is 0.0846. The molecule has 0 unspecified atom stereocenters. The summed E-state index contributed by atoms with van der Waals surface area (Å²) in [5, 5.41) is 0.622. The molecule has 0 aliphatic heterocycles. The van der Waals surface area contributed by atoms with Gasteiger partial charge in [-0.25, -0.2) is 0 Å². The summed E-state index contributed by atoms with van der Waals surface area (Å²) < 4.78 is 0. The number of hydrogen-bond acceptors (Lipinski definition) is 3. The molecule has 0 bridgehead atoms. The van der Waals surface area contributed by atoms with E-state index in [4.69, 9.17) is 23.2 Å². The van der Waals surface area contributed by atoms with Gasteiger partial charge in [-0.05, 0) is 30.3 Å². The second kappa shape index (κ2) is 6.36. The van der Waals surface area contributed by atoms with Crippen molar-refractivity contribution in [2.45, 2.75) is 0 Å². The quantitative estimate of drug-likeness (QED) is 0.837. The summed E-state index contributed by atoms with van der Waals surface area (Å²) >= 11 is 11.6. The number of aromatic nitrogens is 1. The Morgan fingerprint density at radius 2 is 1.80 bits per heavy atom. The molecule has 0 aliphatic carbocycles. The van der Waals surface area contributed by atoms with E-state index in [1.165, 1.54) is 24.4 Å². The molecule has 0 saturated heterocycles. The Bertz CT molecular complexity index is 647. The van der Waals surface area contributed by atoms with E-state index in [9.17, 15) is 9.59 Å². The average Bonchev–Trinajstić information content (AvgIpc) is 2.45. The fourth-order valence-corrected chi connectivity index (χ4v) is 1.92. The average molecular weight is 310 g/mol. The van der Waals surface area contributed by atoms with Gasteiger partial charge in [-0.3, -0.25) is 25.4 Å². The molecule has 2 N–H and O–H groups in total. The first-order valence-electron chi connectivity index (χ1n) is 5.53. The molecule has 20 heavy (non-hydrogen) atoms. The Labute approximate surface area is 124 Å². The zero-order valence-electron chi connectivity index (χ0n) is 10.1. The third-order valence-corrected chi connectivity index (χ3v) is 2.94. The standard InChI is InChI=1S/C13H9Cl2N3O2/c14-9-3-4-10(11(15)6-9)13(20)18-17-12(19)8-2-1-5-16-7-8/h1-7H,(H,17,19)(H,18,20). The van der Waals surface area contributed by atoms with Gasteiger partial charge in [0.2, 0.25) is 0 Å². The van der Waals surface area contributed by atoms with Gasteiger partial charge >= 0.3 is 0 Å². The van der Waals surface area contributed by atoms with Crippen molar-refractivity contribution in [1.82, 2.24) is 15.8 Å². The molecule has 0 aliphatic rings. The number of hydrogen-bond donors (Lipinski definition) is 2. The van der Waals surface area contributed by atoms with E-state index >= 15 is 0 Å². The molecular weight excluding hydrogens is 301 g/mol. The minimum Gasteiger partial charge on any atom is -0.267 e. The van der Waals surface area contributed by atoms with Gasteiger partial charge in [-0.1, -0.05) is 23.2 Å². The van der Waals surface area contributed by atoms with Gasteiger partial charge < -0.3 is 0 Å². The van der Waals surface area contributed by atoms with Crippen molar-refractivity contribution in [1.29, 1.82) is 0 Å². The van der Waals surface area contributed by atoms with Crippen LogP contribution in [0.25, 0.3) is 0 Å². The molecule has 2 amide bonds. The summed E-state index contributed by atoms with van der Waals surface area (Å²) in [6, 6.07) is 7.64. The van der Waals surface area contributed by atoms with Crippen molar-refractivity contribution in [2.75, 3.05) is 0 Å². The largest absolute Gasteiger partial charge is 0.271 e. The van der Waals surface area contributed by atoms with E-state index in [-0.39, 0.29) is 10.6 Å². The first-order valence-corrected chi connectivity index (χ1v) is 6.29. The third kappa shape index (κ3) is 3.46. The van der Waals surface area contributed by atoms with Gasteiger partial charge in [0.15, 0.2) is 0 Å². The Morgan fingerprint density at radius 1 is 1.05 bits per heavy atom. The van der Waals surface area contributed by atoms with Crippen LogP contribution >= 0.6 is 23.2 Å². The molecule has 1 aromatic heterocycles. The molecule has 0 fully saturated rings. The predicted octanol–water partition coefficient (Wildman–Crippen LogP) is 2.46. The number of benzene rings is 1. The van der Waals surface area contributed by atoms with Gasteiger partial charge in [-0.15, -0.1) is 0 Å². The van der Waals surface area contributed by atoms with Crippen LogP contribution in [0.3, 0.4) is 0 Å². The fourth-order valence-electron chi connectivity index (χ4n) is 1.42. The lowest BCUT2D eigenvalue weighted by Gasteiger charge is -2.08. The Morgan fingerprint density at radius 3 is 2.45 bits per heavy atom. The summed E-state index contributed by atoms with van der Waals surface area (Å²) in [6.07, 6.45) is 2.93. The minimum atomic E-state index is -0.538. The van der Waals surface area contributed by atoms with Gasteiger partial charge in [0.25, 0.3) is 11.8 Å². The summed E-state index contributed by atoms with van der Waals surface area (Å²) in [5.74, 6) is -1.01. The number of pyridine rings is 1. The Kier molecular flexibility index (Phi) is 4.55. The topological polar surface area (TPSA) is 71.1 Å². The van der Waals surface area contributed by atoms with Crippen LogP contribution in [0.2, 0.25) is 10.0 Å². The zero-order chi connectivity index (χ0) is 14.5. The molecular formula is C13H9Cl2N3O2. The van der Waals surface area contributed by atoms with E-state index in [1.807, 2.05) is 0 Å². The van der Waals surface area contributed by atoms with E-state index in [1.54, 1.807) is 18.3 Å². The van der Waals surface area contributed by atoms with Gasteiger partial charge in [0.05, 0.1) is 16.1 Å². The summed E-state index contributed by atoms with van der Waals surface area (Å²) in [4.78, 5) is 27.3. The van der Waals surface area contributed by atoms with E-state index in [2.05, 4.69) is 15.8 Å². The van der Waals surface area contributed by atoms with Crippen LogP contribution in [0.1, 0.15) is 20.7 Å². The van der Waals surface area contributed by atoms with Crippen molar-refractivity contribution in [2.24, 2.45) is 0 Å². The monoisotopic (exact) mass is 309 g/mol. The van der Waals surface area contributed by atoms with Crippen LogP contribution in [0.4, 0.5) is 0 Å². The lowest BCUT2D eigenvalue weighted by Crippen LogP contribution is -2.41. The molecule has 2 rings (SSSR count). The van der Waals surface area contributed by atoms with Crippen LogP contribution in [0.5, 0.6) is 0 Å². The third-order valence-electron chi connectivity index (χ3n) is 2.39. The van der Waals surface area contributed by atoms with Crippen LogP contribution in [0, 0.1) is 0 Å². The molecule has 0 spiro atoms. The number of hydrazine groups is 1. The number of carbonyl (C=O) groups excluding carboxylic acids is 2. The molecule has 0 saturated carbocycles. The van der Waals surface area contributed by atoms with E-state index in [0.29, 0.717) is 10.6 Å². The highest BCUT2D eigenvalue weighted by Crippen LogP contribution is 2.20. The lowest BCUT2D eigenvalue weighted by atomic mass is 10.2. The molecule has 1 aromatic carbocycles. The highest BCUT2D eigenvalue weighted by atomic mass is 35.5. The number of carbonyl (C=O) groups is 2.